The van der Waals surface area contributed by atoms with Crippen LogP contribution < -0.4 is 5.32 Å². The molecule has 138 valence electrons. The van der Waals surface area contributed by atoms with E-state index in [0.29, 0.717) is 0 Å². The molecular weight excluding hydrogens is 348 g/mol. The van der Waals surface area contributed by atoms with E-state index in [9.17, 15) is 4.79 Å². The topological polar surface area (TPSA) is 67.3 Å². The summed E-state index contributed by atoms with van der Waals surface area (Å²) in [6.45, 7) is 6.52. The van der Waals surface area contributed by atoms with E-state index in [2.05, 4.69) is 38.9 Å². The molecular formula is C19H24N4O2S. The Balaban J connectivity index is 1.61. The summed E-state index contributed by atoms with van der Waals surface area (Å²) < 4.78 is 4.99. The molecule has 1 N–H and O–H groups in total. The van der Waals surface area contributed by atoms with Crippen molar-refractivity contribution < 1.29 is 9.53 Å². The van der Waals surface area contributed by atoms with Crippen molar-refractivity contribution in [2.24, 2.45) is 0 Å². The van der Waals surface area contributed by atoms with Gasteiger partial charge in [-0.25, -0.2) is 14.8 Å². The fourth-order valence-corrected chi connectivity index (χ4v) is 3.85. The minimum Gasteiger partial charge on any atom is -0.445 e. The van der Waals surface area contributed by atoms with E-state index >= 15 is 0 Å². The second-order valence-corrected chi connectivity index (χ2v) is 7.07. The molecule has 0 atom stereocenters. The summed E-state index contributed by atoms with van der Waals surface area (Å²) in [7, 11) is 0. The van der Waals surface area contributed by atoms with Gasteiger partial charge < -0.3 is 10.1 Å². The molecule has 1 aliphatic rings. The van der Waals surface area contributed by atoms with Gasteiger partial charge in [0, 0.05) is 31.1 Å². The molecule has 6 nitrogen and oxygen atoms in total. The first-order valence-corrected chi connectivity index (χ1v) is 9.97. The highest BCUT2D eigenvalue weighted by atomic mass is 32.2. The van der Waals surface area contributed by atoms with Crippen LogP contribution in [0.25, 0.3) is 10.9 Å². The average Bonchev–Trinajstić information content (AvgIpc) is 2.67. The van der Waals surface area contributed by atoms with Crippen molar-refractivity contribution in [3.05, 3.63) is 42.7 Å². The fraction of sp³-hybridized carbons (Fsp3) is 0.421. The fourth-order valence-electron chi connectivity index (χ4n) is 3.25. The number of rotatable bonds is 6. The number of amides is 1. The van der Waals surface area contributed by atoms with Crippen LogP contribution >= 0.6 is 11.8 Å². The number of carbonyl (C=O) groups is 1. The third-order valence-corrected chi connectivity index (χ3v) is 5.24. The monoisotopic (exact) mass is 372 g/mol. The summed E-state index contributed by atoms with van der Waals surface area (Å²) in [5.41, 5.74) is 2.24. The number of ether oxygens (including phenoxy) is 1. The summed E-state index contributed by atoms with van der Waals surface area (Å²) in [6, 6.07) is 6.41. The van der Waals surface area contributed by atoms with Gasteiger partial charge >= 0.3 is 6.09 Å². The number of nitrogens with zero attached hydrogens (tertiary/aromatic N) is 3. The lowest BCUT2D eigenvalue weighted by atomic mass is 10.0. The molecule has 1 aromatic carbocycles. The first kappa shape index (κ1) is 18.7. The number of piperidine rings is 1. The number of hydrogen-bond donors (Lipinski definition) is 1. The van der Waals surface area contributed by atoms with Crippen LogP contribution in [0.1, 0.15) is 18.4 Å². The van der Waals surface area contributed by atoms with Crippen molar-refractivity contribution >= 4 is 28.8 Å². The van der Waals surface area contributed by atoms with Gasteiger partial charge in [-0.2, -0.15) is 0 Å². The van der Waals surface area contributed by atoms with Gasteiger partial charge in [-0.15, -0.1) is 11.8 Å². The van der Waals surface area contributed by atoms with E-state index in [1.54, 1.807) is 24.2 Å². The molecule has 0 radical (unpaired) electrons. The zero-order chi connectivity index (χ0) is 18.4. The van der Waals surface area contributed by atoms with E-state index in [0.717, 1.165) is 48.4 Å². The lowest BCUT2D eigenvalue weighted by Gasteiger charge is -2.32. The van der Waals surface area contributed by atoms with Crippen LogP contribution in [-0.2, 0) is 11.3 Å². The average molecular weight is 372 g/mol. The van der Waals surface area contributed by atoms with Crippen LogP contribution in [0.3, 0.4) is 0 Å². The summed E-state index contributed by atoms with van der Waals surface area (Å²) in [4.78, 5) is 22.9. The molecule has 1 saturated heterocycles. The minimum atomic E-state index is -0.362. The van der Waals surface area contributed by atoms with Crippen molar-refractivity contribution in [2.75, 3.05) is 26.0 Å². The Morgan fingerprint density at radius 3 is 2.96 bits per heavy atom. The van der Waals surface area contributed by atoms with Crippen LogP contribution in [0.15, 0.2) is 42.2 Å². The van der Waals surface area contributed by atoms with E-state index in [1.807, 2.05) is 12.3 Å². The lowest BCUT2D eigenvalue weighted by Crippen LogP contribution is -2.44. The summed E-state index contributed by atoms with van der Waals surface area (Å²) in [5.74, 6) is 0. The summed E-state index contributed by atoms with van der Waals surface area (Å²) >= 11 is 1.65. The van der Waals surface area contributed by atoms with Crippen molar-refractivity contribution in [1.29, 1.82) is 0 Å². The number of likely N-dealkylation sites (tertiary alicyclic amines) is 1. The van der Waals surface area contributed by atoms with Gasteiger partial charge in [-0.05, 0) is 30.7 Å². The molecule has 1 fully saturated rings. The Kier molecular flexibility index (Phi) is 6.46. The normalized spacial score (nSPS) is 15.7. The van der Waals surface area contributed by atoms with Gasteiger partial charge in [-0.3, -0.25) is 4.90 Å². The maximum atomic E-state index is 11.6. The molecule has 0 aliphatic carbocycles. The number of thioether (sulfide) groups is 1. The molecule has 0 unspecified atom stereocenters. The van der Waals surface area contributed by atoms with Gasteiger partial charge in [0.15, 0.2) is 0 Å². The largest absolute Gasteiger partial charge is 0.445 e. The maximum Gasteiger partial charge on any atom is 0.407 e. The van der Waals surface area contributed by atoms with Crippen LogP contribution in [0.5, 0.6) is 0 Å². The molecule has 1 amide bonds. The van der Waals surface area contributed by atoms with Crippen molar-refractivity contribution in [1.82, 2.24) is 20.2 Å². The van der Waals surface area contributed by atoms with E-state index in [1.165, 1.54) is 5.56 Å². The maximum absolute atomic E-state index is 11.6. The van der Waals surface area contributed by atoms with E-state index in [4.69, 9.17) is 4.74 Å². The van der Waals surface area contributed by atoms with Crippen LogP contribution in [0.2, 0.25) is 0 Å². The van der Waals surface area contributed by atoms with Crippen molar-refractivity contribution in [3.63, 3.8) is 0 Å². The van der Waals surface area contributed by atoms with Crippen LogP contribution in [0, 0.1) is 0 Å². The van der Waals surface area contributed by atoms with Gasteiger partial charge in [0.25, 0.3) is 0 Å². The molecule has 1 aliphatic heterocycles. The molecule has 0 spiro atoms. The number of alkyl carbamates (subject to hydrolysis) is 1. The smallest absolute Gasteiger partial charge is 0.407 e. The Morgan fingerprint density at radius 1 is 1.42 bits per heavy atom. The highest BCUT2D eigenvalue weighted by Crippen LogP contribution is 2.27. The Hall–Kier alpha value is -2.12. The Bertz CT molecular complexity index is 770. The zero-order valence-electron chi connectivity index (χ0n) is 15.0. The molecule has 2 heterocycles. The Morgan fingerprint density at radius 2 is 2.23 bits per heavy atom. The highest BCUT2D eigenvalue weighted by molar-refractivity contribution is 7.98. The number of aromatic nitrogens is 2. The third-order valence-electron chi connectivity index (χ3n) is 4.54. The minimum absolute atomic E-state index is 0.168. The van der Waals surface area contributed by atoms with Gasteiger partial charge in [0.1, 0.15) is 18.0 Å². The second kappa shape index (κ2) is 9.00. The van der Waals surface area contributed by atoms with E-state index in [-0.39, 0.29) is 18.7 Å². The lowest BCUT2D eigenvalue weighted by molar-refractivity contribution is 0.140. The first-order valence-electron chi connectivity index (χ1n) is 8.74. The molecule has 1 aromatic heterocycles. The quantitative estimate of drug-likeness (QED) is 0.477. The van der Waals surface area contributed by atoms with E-state index < -0.39 is 0 Å². The highest BCUT2D eigenvalue weighted by Gasteiger charge is 2.22. The van der Waals surface area contributed by atoms with Gasteiger partial charge in [0.2, 0.25) is 0 Å². The summed E-state index contributed by atoms with van der Waals surface area (Å²) in [6.07, 6.45) is 6.71. The number of fused-ring (bicyclic) bond motifs is 1. The number of benzene rings is 1. The van der Waals surface area contributed by atoms with Crippen molar-refractivity contribution in [3.8, 4) is 0 Å². The predicted molar refractivity (Wildman–Crippen MR) is 104 cm³/mol. The number of nitrogens with one attached hydrogen (secondary N) is 1. The molecule has 26 heavy (non-hydrogen) atoms. The molecule has 2 aromatic rings. The Labute approximate surface area is 158 Å². The standard InChI is InChI=1S/C19H24N4O2S/c1-3-11-25-19(24)22-15-7-9-23(10-8-15)12-14-5-4-6-16-17(14)18(26-2)21-13-20-16/h3-6,13,15H,1,7-12H2,2H3,(H,22,24). The summed E-state index contributed by atoms with van der Waals surface area (Å²) in [5, 5.41) is 5.10. The van der Waals surface area contributed by atoms with Gasteiger partial charge in [0.05, 0.1) is 5.52 Å². The SMILES string of the molecule is C=CCOC(=O)NC1CCN(Cc2cccc3ncnc(SC)c23)CC1. The zero-order valence-corrected chi connectivity index (χ0v) is 15.8. The van der Waals surface area contributed by atoms with Crippen molar-refractivity contribution in [2.45, 2.75) is 30.5 Å². The molecule has 7 heteroatoms. The molecule has 0 saturated carbocycles. The number of carbonyl (C=O) groups excluding carboxylic acids is 1. The first-order chi connectivity index (χ1) is 12.7. The predicted octanol–water partition coefficient (Wildman–Crippen LogP) is 3.23. The van der Waals surface area contributed by atoms with Crippen LogP contribution in [-0.4, -0.2) is 53.0 Å². The third kappa shape index (κ3) is 4.53. The van der Waals surface area contributed by atoms with Gasteiger partial charge in [-0.1, -0.05) is 24.8 Å². The molecule has 0 bridgehead atoms. The van der Waals surface area contributed by atoms with Crippen LogP contribution in [0.4, 0.5) is 4.79 Å². The second-order valence-electron chi connectivity index (χ2n) is 6.28. The molecule has 3 rings (SSSR count). The number of hydrogen-bond acceptors (Lipinski definition) is 6.